The van der Waals surface area contributed by atoms with E-state index in [1.54, 1.807) is 12.1 Å². The number of nitrogens with two attached hydrogens (primary N) is 1. The number of hydrogen-bond donors (Lipinski definition) is 1. The number of benzene rings is 1. The first-order chi connectivity index (χ1) is 7.08. The van der Waals surface area contributed by atoms with E-state index >= 15 is 0 Å². The molecule has 0 bridgehead atoms. The highest BCUT2D eigenvalue weighted by molar-refractivity contribution is 7.86. The topological polar surface area (TPSA) is 81.9 Å². The van der Waals surface area contributed by atoms with Crippen LogP contribution < -0.4 is 5.73 Å². The van der Waals surface area contributed by atoms with E-state index in [0.717, 1.165) is 0 Å². The Morgan fingerprint density at radius 3 is 2.87 bits per heavy atom. The van der Waals surface area contributed by atoms with Gasteiger partial charge in [-0.15, -0.1) is 0 Å². The highest BCUT2D eigenvalue weighted by Gasteiger charge is 2.26. The predicted octanol–water partition coefficient (Wildman–Crippen LogP) is 0.373. The highest BCUT2D eigenvalue weighted by atomic mass is 32.2. The summed E-state index contributed by atoms with van der Waals surface area (Å²) in [5.41, 5.74) is 5.87. The van der Waals surface area contributed by atoms with Gasteiger partial charge >= 0.3 is 0 Å². The molecule has 1 heterocycles. The summed E-state index contributed by atoms with van der Waals surface area (Å²) >= 11 is 0. The Labute approximate surface area is 87.9 Å². The minimum absolute atomic E-state index is 0.0666. The lowest BCUT2D eigenvalue weighted by molar-refractivity contribution is 0.266. The van der Waals surface area contributed by atoms with E-state index in [-0.39, 0.29) is 17.6 Å². The molecule has 1 aromatic rings. The maximum Gasteiger partial charge on any atom is 0.297 e. The summed E-state index contributed by atoms with van der Waals surface area (Å²) in [6.07, 6.45) is -0.0826. The molecular formula is C9H11NO4S. The minimum Gasteiger partial charge on any atom is -0.399 e. The van der Waals surface area contributed by atoms with E-state index in [9.17, 15) is 8.42 Å². The molecule has 0 radical (unpaired) electrons. The van der Waals surface area contributed by atoms with Gasteiger partial charge in [-0.3, -0.25) is 4.18 Å². The Hall–Kier alpha value is -1.11. The molecule has 5 nitrogen and oxygen atoms in total. The van der Waals surface area contributed by atoms with Crippen molar-refractivity contribution in [2.75, 3.05) is 18.9 Å². The van der Waals surface area contributed by atoms with Crippen molar-refractivity contribution < 1.29 is 17.3 Å². The first-order valence-corrected chi connectivity index (χ1v) is 5.85. The Bertz CT molecular complexity index is 453. The Morgan fingerprint density at radius 1 is 1.53 bits per heavy atom. The lowest BCUT2D eigenvalue weighted by Gasteiger charge is -2.04. The molecular weight excluding hydrogens is 218 g/mol. The Kier molecular flexibility index (Phi) is 2.64. The maximum absolute atomic E-state index is 11.6. The summed E-state index contributed by atoms with van der Waals surface area (Å²) in [4.78, 5) is 0.0724. The summed E-state index contributed by atoms with van der Waals surface area (Å²) in [6.45, 7) is 0.629. The zero-order chi connectivity index (χ0) is 10.9. The molecule has 0 amide bonds. The Balaban J connectivity index is 2.12. The SMILES string of the molecule is Nc1cccc(S(=O)(=O)OCC2CO2)c1. The molecule has 6 heteroatoms. The van der Waals surface area contributed by atoms with Crippen LogP contribution in [0.2, 0.25) is 0 Å². The van der Waals surface area contributed by atoms with Gasteiger partial charge in [-0.25, -0.2) is 0 Å². The van der Waals surface area contributed by atoms with Crippen molar-refractivity contribution in [3.63, 3.8) is 0 Å². The monoisotopic (exact) mass is 229 g/mol. The molecule has 1 atom stereocenters. The zero-order valence-electron chi connectivity index (χ0n) is 7.92. The normalized spacial score (nSPS) is 20.1. The van der Waals surface area contributed by atoms with E-state index in [0.29, 0.717) is 12.3 Å². The van der Waals surface area contributed by atoms with E-state index in [2.05, 4.69) is 0 Å². The van der Waals surface area contributed by atoms with Crippen molar-refractivity contribution >= 4 is 15.8 Å². The lowest BCUT2D eigenvalue weighted by atomic mass is 10.3. The van der Waals surface area contributed by atoms with Gasteiger partial charge in [0.2, 0.25) is 0 Å². The van der Waals surface area contributed by atoms with Gasteiger partial charge in [0.05, 0.1) is 18.1 Å². The van der Waals surface area contributed by atoms with Crippen LogP contribution in [0.4, 0.5) is 5.69 Å². The molecule has 1 saturated heterocycles. The second-order valence-electron chi connectivity index (χ2n) is 3.27. The maximum atomic E-state index is 11.6. The number of rotatable bonds is 4. The average Bonchev–Trinajstić information content (AvgIpc) is 2.98. The molecule has 1 aromatic carbocycles. The second-order valence-corrected chi connectivity index (χ2v) is 4.88. The Morgan fingerprint density at radius 2 is 2.27 bits per heavy atom. The van der Waals surface area contributed by atoms with E-state index in [4.69, 9.17) is 14.7 Å². The van der Waals surface area contributed by atoms with Crippen LogP contribution in [-0.2, 0) is 19.0 Å². The van der Waals surface area contributed by atoms with Crippen molar-refractivity contribution in [3.8, 4) is 0 Å². The van der Waals surface area contributed by atoms with Crippen LogP contribution in [0.5, 0.6) is 0 Å². The number of anilines is 1. The zero-order valence-corrected chi connectivity index (χ0v) is 8.74. The molecule has 15 heavy (non-hydrogen) atoms. The van der Waals surface area contributed by atoms with Gasteiger partial charge < -0.3 is 10.5 Å². The molecule has 2 N–H and O–H groups in total. The van der Waals surface area contributed by atoms with Gasteiger partial charge in [-0.2, -0.15) is 8.42 Å². The van der Waals surface area contributed by atoms with Crippen LogP contribution in [0.1, 0.15) is 0 Å². The van der Waals surface area contributed by atoms with Crippen LogP contribution in [0.15, 0.2) is 29.2 Å². The van der Waals surface area contributed by atoms with Crippen molar-refractivity contribution in [1.29, 1.82) is 0 Å². The average molecular weight is 229 g/mol. The number of hydrogen-bond acceptors (Lipinski definition) is 5. The smallest absolute Gasteiger partial charge is 0.297 e. The predicted molar refractivity (Wildman–Crippen MR) is 53.7 cm³/mol. The van der Waals surface area contributed by atoms with E-state index in [1.165, 1.54) is 12.1 Å². The van der Waals surface area contributed by atoms with E-state index < -0.39 is 10.1 Å². The summed E-state index contributed by atoms with van der Waals surface area (Å²) in [5.74, 6) is 0. The van der Waals surface area contributed by atoms with Crippen molar-refractivity contribution in [2.45, 2.75) is 11.0 Å². The molecule has 0 aliphatic carbocycles. The van der Waals surface area contributed by atoms with Gasteiger partial charge in [-0.1, -0.05) is 6.07 Å². The van der Waals surface area contributed by atoms with Crippen LogP contribution in [0.3, 0.4) is 0 Å². The number of ether oxygens (including phenoxy) is 1. The van der Waals surface area contributed by atoms with E-state index in [1.807, 2.05) is 0 Å². The fraction of sp³-hybridized carbons (Fsp3) is 0.333. The third-order valence-corrected chi connectivity index (χ3v) is 3.24. The fourth-order valence-corrected chi connectivity index (χ4v) is 2.06. The summed E-state index contributed by atoms with van der Waals surface area (Å²) < 4.78 is 32.8. The van der Waals surface area contributed by atoms with Crippen LogP contribution in [0, 0.1) is 0 Å². The second kappa shape index (κ2) is 3.80. The fourth-order valence-electron chi connectivity index (χ4n) is 1.07. The molecule has 1 unspecified atom stereocenters. The van der Waals surface area contributed by atoms with Crippen LogP contribution >= 0.6 is 0 Å². The largest absolute Gasteiger partial charge is 0.399 e. The number of epoxide rings is 1. The quantitative estimate of drug-likeness (QED) is 0.458. The third-order valence-electron chi connectivity index (χ3n) is 1.96. The molecule has 1 aliphatic heterocycles. The standard InChI is InChI=1S/C9H11NO4S/c10-7-2-1-3-9(4-7)15(11,12)14-6-8-5-13-8/h1-4,8H,5-6,10H2. The summed E-state index contributed by atoms with van der Waals surface area (Å²) in [7, 11) is -3.70. The lowest BCUT2D eigenvalue weighted by Crippen LogP contribution is -2.11. The summed E-state index contributed by atoms with van der Waals surface area (Å²) in [5, 5.41) is 0. The highest BCUT2D eigenvalue weighted by Crippen LogP contribution is 2.17. The van der Waals surface area contributed by atoms with Gasteiger partial charge in [-0.05, 0) is 18.2 Å². The van der Waals surface area contributed by atoms with Crippen LogP contribution in [0.25, 0.3) is 0 Å². The van der Waals surface area contributed by atoms with Gasteiger partial charge in [0.1, 0.15) is 6.10 Å². The van der Waals surface area contributed by atoms with Gasteiger partial charge in [0, 0.05) is 5.69 Å². The molecule has 0 spiro atoms. The molecule has 2 rings (SSSR count). The first-order valence-electron chi connectivity index (χ1n) is 4.44. The van der Waals surface area contributed by atoms with Gasteiger partial charge in [0.15, 0.2) is 0 Å². The molecule has 0 saturated carbocycles. The number of nitrogen functional groups attached to an aromatic ring is 1. The molecule has 0 aromatic heterocycles. The molecule has 1 aliphatic rings. The minimum atomic E-state index is -3.70. The van der Waals surface area contributed by atoms with Crippen LogP contribution in [-0.4, -0.2) is 27.7 Å². The third kappa shape index (κ3) is 2.68. The van der Waals surface area contributed by atoms with Crippen molar-refractivity contribution in [3.05, 3.63) is 24.3 Å². The molecule has 82 valence electrons. The molecule has 1 fully saturated rings. The van der Waals surface area contributed by atoms with Gasteiger partial charge in [0.25, 0.3) is 10.1 Å². The van der Waals surface area contributed by atoms with Crippen molar-refractivity contribution in [1.82, 2.24) is 0 Å². The summed E-state index contributed by atoms with van der Waals surface area (Å²) in [6, 6.07) is 5.99. The van der Waals surface area contributed by atoms with Crippen molar-refractivity contribution in [2.24, 2.45) is 0 Å². The first kappa shape index (κ1) is 10.4.